The molecule has 0 radical (unpaired) electrons. The van der Waals surface area contributed by atoms with Crippen molar-refractivity contribution in [3.63, 3.8) is 0 Å². The Balaban J connectivity index is 1.59. The number of anilines is 2. The molecule has 2 atom stereocenters. The lowest BCUT2D eigenvalue weighted by molar-refractivity contribution is -0.117. The van der Waals surface area contributed by atoms with Crippen molar-refractivity contribution in [3.8, 4) is 0 Å². The van der Waals surface area contributed by atoms with Crippen molar-refractivity contribution in [1.82, 2.24) is 0 Å². The van der Waals surface area contributed by atoms with Crippen molar-refractivity contribution in [2.45, 2.75) is 26.2 Å². The van der Waals surface area contributed by atoms with E-state index in [0.29, 0.717) is 5.92 Å². The summed E-state index contributed by atoms with van der Waals surface area (Å²) < 4.78 is 0. The molecule has 1 amide bonds. The highest BCUT2D eigenvalue weighted by Gasteiger charge is 2.43. The fraction of sp³-hybridized carbons (Fsp3) is 0.350. The third kappa shape index (κ3) is 3.55. The summed E-state index contributed by atoms with van der Waals surface area (Å²) >= 11 is 0. The topological polar surface area (TPSA) is 32.3 Å². The largest absolute Gasteiger partial charge is 0.372 e. The highest BCUT2D eigenvalue weighted by molar-refractivity contribution is 5.95. The molecule has 2 aromatic carbocycles. The van der Waals surface area contributed by atoms with Gasteiger partial charge in [0.1, 0.15) is 0 Å². The second-order valence-corrected chi connectivity index (χ2v) is 6.07. The molecule has 0 spiro atoms. The van der Waals surface area contributed by atoms with Crippen LogP contribution in [0.3, 0.4) is 0 Å². The standard InChI is InChI=1S/C20H24N2O/c1-3-22(4-2)17-12-10-16(11-13-17)21-20(23)19-14-18(19)15-8-6-5-7-9-15/h5-13,18-19H,3-4,14H2,1-2H3,(H,21,23). The summed E-state index contributed by atoms with van der Waals surface area (Å²) in [6, 6.07) is 18.4. The third-order valence-corrected chi connectivity index (χ3v) is 4.62. The van der Waals surface area contributed by atoms with Crippen LogP contribution in [0.25, 0.3) is 0 Å². The number of carbonyl (C=O) groups excluding carboxylic acids is 1. The van der Waals surface area contributed by atoms with Crippen molar-refractivity contribution in [2.75, 3.05) is 23.3 Å². The number of benzene rings is 2. The van der Waals surface area contributed by atoms with Crippen LogP contribution in [-0.4, -0.2) is 19.0 Å². The first kappa shape index (κ1) is 15.6. The van der Waals surface area contributed by atoms with Crippen LogP contribution in [0.1, 0.15) is 31.7 Å². The zero-order valence-corrected chi connectivity index (χ0v) is 13.8. The molecule has 2 unspecified atom stereocenters. The second kappa shape index (κ2) is 6.86. The molecule has 1 aliphatic carbocycles. The minimum absolute atomic E-state index is 0.111. The van der Waals surface area contributed by atoms with E-state index in [0.717, 1.165) is 25.2 Å². The van der Waals surface area contributed by atoms with E-state index in [4.69, 9.17) is 0 Å². The van der Waals surface area contributed by atoms with Gasteiger partial charge in [0.2, 0.25) is 5.91 Å². The summed E-state index contributed by atoms with van der Waals surface area (Å²) in [5.74, 6) is 0.625. The molecular formula is C20H24N2O. The molecule has 1 fully saturated rings. The second-order valence-electron chi connectivity index (χ2n) is 6.07. The van der Waals surface area contributed by atoms with Crippen LogP contribution < -0.4 is 10.2 Å². The molecule has 2 aromatic rings. The first-order valence-electron chi connectivity index (χ1n) is 8.43. The van der Waals surface area contributed by atoms with Crippen LogP contribution in [0.4, 0.5) is 11.4 Å². The Morgan fingerprint density at radius 3 is 2.30 bits per heavy atom. The molecule has 23 heavy (non-hydrogen) atoms. The number of hydrogen-bond donors (Lipinski definition) is 1. The molecule has 0 heterocycles. The summed E-state index contributed by atoms with van der Waals surface area (Å²) in [7, 11) is 0. The van der Waals surface area contributed by atoms with Gasteiger partial charge in [-0.3, -0.25) is 4.79 Å². The SMILES string of the molecule is CCN(CC)c1ccc(NC(=O)C2CC2c2ccccc2)cc1. The van der Waals surface area contributed by atoms with E-state index >= 15 is 0 Å². The highest BCUT2D eigenvalue weighted by Crippen LogP contribution is 2.47. The summed E-state index contributed by atoms with van der Waals surface area (Å²) in [6.07, 6.45) is 0.952. The molecule has 1 N–H and O–H groups in total. The highest BCUT2D eigenvalue weighted by atomic mass is 16.2. The van der Waals surface area contributed by atoms with Crippen LogP contribution in [0.2, 0.25) is 0 Å². The Morgan fingerprint density at radius 1 is 1.04 bits per heavy atom. The van der Waals surface area contributed by atoms with Crippen molar-refractivity contribution in [1.29, 1.82) is 0 Å². The van der Waals surface area contributed by atoms with Crippen molar-refractivity contribution in [2.24, 2.45) is 5.92 Å². The van der Waals surface area contributed by atoms with E-state index in [1.54, 1.807) is 0 Å². The lowest BCUT2D eigenvalue weighted by Gasteiger charge is -2.21. The lowest BCUT2D eigenvalue weighted by atomic mass is 10.1. The average Bonchev–Trinajstić information content (AvgIpc) is 3.39. The summed E-state index contributed by atoms with van der Waals surface area (Å²) in [5.41, 5.74) is 3.34. The lowest BCUT2D eigenvalue weighted by Crippen LogP contribution is -2.21. The van der Waals surface area contributed by atoms with Gasteiger partial charge >= 0.3 is 0 Å². The molecule has 1 saturated carbocycles. The first-order chi connectivity index (χ1) is 11.2. The van der Waals surface area contributed by atoms with Crippen LogP contribution in [0, 0.1) is 5.92 Å². The number of rotatable bonds is 6. The first-order valence-corrected chi connectivity index (χ1v) is 8.43. The summed E-state index contributed by atoms with van der Waals surface area (Å²) in [5, 5.41) is 3.05. The maximum Gasteiger partial charge on any atom is 0.228 e. The number of carbonyl (C=O) groups is 1. The van der Waals surface area contributed by atoms with Gasteiger partial charge in [-0.25, -0.2) is 0 Å². The Kier molecular flexibility index (Phi) is 4.65. The van der Waals surface area contributed by atoms with E-state index in [-0.39, 0.29) is 11.8 Å². The van der Waals surface area contributed by atoms with Crippen LogP contribution in [0.15, 0.2) is 54.6 Å². The quantitative estimate of drug-likeness (QED) is 0.864. The molecular weight excluding hydrogens is 284 g/mol. The Labute approximate surface area is 138 Å². The molecule has 0 saturated heterocycles. The van der Waals surface area contributed by atoms with Gasteiger partial charge in [-0.2, -0.15) is 0 Å². The normalized spacial score (nSPS) is 19.2. The molecule has 3 heteroatoms. The molecule has 0 aliphatic heterocycles. The van der Waals surface area contributed by atoms with Crippen molar-refractivity contribution < 1.29 is 4.79 Å². The number of nitrogens with zero attached hydrogens (tertiary/aromatic N) is 1. The van der Waals surface area contributed by atoms with Crippen molar-refractivity contribution in [3.05, 3.63) is 60.2 Å². The fourth-order valence-electron chi connectivity index (χ4n) is 3.13. The molecule has 3 rings (SSSR count). The van der Waals surface area contributed by atoms with Gasteiger partial charge in [0.05, 0.1) is 0 Å². The number of amides is 1. The number of nitrogens with one attached hydrogen (secondary N) is 1. The fourth-order valence-corrected chi connectivity index (χ4v) is 3.13. The van der Waals surface area contributed by atoms with Gasteiger partial charge in [0, 0.05) is 30.4 Å². The molecule has 1 aliphatic rings. The Bertz CT molecular complexity index is 647. The van der Waals surface area contributed by atoms with E-state index in [1.807, 2.05) is 30.3 Å². The van der Waals surface area contributed by atoms with Gasteiger partial charge in [0.25, 0.3) is 0 Å². The van der Waals surface area contributed by atoms with E-state index < -0.39 is 0 Å². The van der Waals surface area contributed by atoms with Crippen LogP contribution in [0.5, 0.6) is 0 Å². The third-order valence-electron chi connectivity index (χ3n) is 4.62. The predicted molar refractivity (Wildman–Crippen MR) is 95.9 cm³/mol. The maximum atomic E-state index is 12.4. The van der Waals surface area contributed by atoms with Crippen molar-refractivity contribution >= 4 is 17.3 Å². The zero-order chi connectivity index (χ0) is 16.2. The summed E-state index contributed by atoms with van der Waals surface area (Å²) in [4.78, 5) is 14.7. The molecule has 120 valence electrons. The monoisotopic (exact) mass is 308 g/mol. The minimum atomic E-state index is 0.111. The average molecular weight is 308 g/mol. The van der Waals surface area contributed by atoms with Gasteiger partial charge in [-0.1, -0.05) is 30.3 Å². The predicted octanol–water partition coefficient (Wildman–Crippen LogP) is 4.28. The van der Waals surface area contributed by atoms with Gasteiger partial charge in [0.15, 0.2) is 0 Å². The summed E-state index contributed by atoms with van der Waals surface area (Å²) in [6.45, 7) is 6.28. The van der Waals surface area contributed by atoms with Gasteiger partial charge in [-0.05, 0) is 56.0 Å². The van der Waals surface area contributed by atoms with E-state index in [1.165, 1.54) is 11.3 Å². The molecule has 0 bridgehead atoms. The Morgan fingerprint density at radius 2 is 1.70 bits per heavy atom. The number of hydrogen-bond acceptors (Lipinski definition) is 2. The van der Waals surface area contributed by atoms with Crippen LogP contribution in [-0.2, 0) is 4.79 Å². The maximum absolute atomic E-state index is 12.4. The van der Waals surface area contributed by atoms with E-state index in [9.17, 15) is 4.79 Å². The van der Waals surface area contributed by atoms with Gasteiger partial charge in [-0.15, -0.1) is 0 Å². The Hall–Kier alpha value is -2.29. The smallest absolute Gasteiger partial charge is 0.228 e. The van der Waals surface area contributed by atoms with E-state index in [2.05, 4.69) is 48.3 Å². The van der Waals surface area contributed by atoms with Gasteiger partial charge < -0.3 is 10.2 Å². The van der Waals surface area contributed by atoms with Crippen LogP contribution >= 0.6 is 0 Å². The molecule has 0 aromatic heterocycles. The minimum Gasteiger partial charge on any atom is -0.372 e. The zero-order valence-electron chi connectivity index (χ0n) is 13.8. The molecule has 3 nitrogen and oxygen atoms in total.